The lowest BCUT2D eigenvalue weighted by atomic mass is 10.0. The van der Waals surface area contributed by atoms with E-state index >= 15 is 0 Å². The molecule has 1 aromatic carbocycles. The lowest BCUT2D eigenvalue weighted by molar-refractivity contribution is -0.256. The number of aliphatic hydroxyl groups is 1. The molecule has 0 amide bonds. The number of carboxylic acid groups (broad SMARTS) is 2. The SMILES string of the molecule is O=C([O-])c1ccc(C(=O)[O-])c(CCO)c1. The Balaban J connectivity index is 3.20. The molecule has 0 heterocycles. The van der Waals surface area contributed by atoms with Crippen LogP contribution >= 0.6 is 0 Å². The maximum Gasteiger partial charge on any atom is 0.0718 e. The number of carbonyl (C=O) groups is 2. The molecule has 80 valence electrons. The fraction of sp³-hybridized carbons (Fsp3) is 0.200. The molecule has 0 aliphatic heterocycles. The second-order valence-electron chi connectivity index (χ2n) is 2.92. The zero-order valence-electron chi connectivity index (χ0n) is 7.73. The van der Waals surface area contributed by atoms with Gasteiger partial charge in [-0.3, -0.25) is 0 Å². The third-order valence-corrected chi connectivity index (χ3v) is 1.94. The van der Waals surface area contributed by atoms with Gasteiger partial charge in [-0.05, 0) is 23.6 Å². The van der Waals surface area contributed by atoms with Crippen LogP contribution in [0.1, 0.15) is 26.3 Å². The van der Waals surface area contributed by atoms with Gasteiger partial charge in [0.15, 0.2) is 0 Å². The van der Waals surface area contributed by atoms with Crippen LogP contribution in [-0.4, -0.2) is 23.7 Å². The van der Waals surface area contributed by atoms with Crippen molar-refractivity contribution in [3.05, 3.63) is 34.9 Å². The summed E-state index contributed by atoms with van der Waals surface area (Å²) in [5.41, 5.74) is -0.0169. The highest BCUT2D eigenvalue weighted by molar-refractivity contribution is 5.91. The van der Waals surface area contributed by atoms with Crippen LogP contribution in [0.2, 0.25) is 0 Å². The zero-order valence-corrected chi connectivity index (χ0v) is 7.73. The fourth-order valence-corrected chi connectivity index (χ4v) is 1.25. The molecule has 0 aliphatic rings. The van der Waals surface area contributed by atoms with Crippen molar-refractivity contribution in [2.75, 3.05) is 6.61 Å². The first kappa shape index (κ1) is 11.2. The minimum Gasteiger partial charge on any atom is -0.545 e. The van der Waals surface area contributed by atoms with Crippen LogP contribution in [0.5, 0.6) is 0 Å². The van der Waals surface area contributed by atoms with Gasteiger partial charge in [0.2, 0.25) is 0 Å². The summed E-state index contributed by atoms with van der Waals surface area (Å²) in [6, 6.07) is 3.42. The maximum atomic E-state index is 10.6. The van der Waals surface area contributed by atoms with Crippen molar-refractivity contribution < 1.29 is 24.9 Å². The highest BCUT2D eigenvalue weighted by Crippen LogP contribution is 2.12. The number of benzene rings is 1. The van der Waals surface area contributed by atoms with Gasteiger partial charge in [-0.2, -0.15) is 0 Å². The first-order valence-electron chi connectivity index (χ1n) is 4.22. The summed E-state index contributed by atoms with van der Waals surface area (Å²) < 4.78 is 0. The van der Waals surface area contributed by atoms with E-state index in [1.807, 2.05) is 0 Å². The van der Waals surface area contributed by atoms with E-state index in [-0.39, 0.29) is 29.7 Å². The lowest BCUT2D eigenvalue weighted by Gasteiger charge is -2.12. The molecule has 5 nitrogen and oxygen atoms in total. The largest absolute Gasteiger partial charge is 0.545 e. The number of aromatic carboxylic acids is 2. The smallest absolute Gasteiger partial charge is 0.0718 e. The molecule has 15 heavy (non-hydrogen) atoms. The van der Waals surface area contributed by atoms with E-state index in [1.165, 1.54) is 0 Å². The van der Waals surface area contributed by atoms with Gasteiger partial charge in [-0.15, -0.1) is 0 Å². The zero-order chi connectivity index (χ0) is 11.4. The van der Waals surface area contributed by atoms with E-state index in [4.69, 9.17) is 5.11 Å². The molecule has 0 saturated carbocycles. The number of carbonyl (C=O) groups excluding carboxylic acids is 2. The maximum absolute atomic E-state index is 10.6. The van der Waals surface area contributed by atoms with Gasteiger partial charge in [0.1, 0.15) is 0 Å². The Morgan fingerprint density at radius 1 is 1.20 bits per heavy atom. The quantitative estimate of drug-likeness (QED) is 0.613. The van der Waals surface area contributed by atoms with Crippen molar-refractivity contribution >= 4 is 11.9 Å². The van der Waals surface area contributed by atoms with Gasteiger partial charge in [0, 0.05) is 12.2 Å². The molecule has 0 bridgehead atoms. The van der Waals surface area contributed by atoms with Crippen LogP contribution in [0.3, 0.4) is 0 Å². The predicted molar refractivity (Wildman–Crippen MR) is 45.9 cm³/mol. The van der Waals surface area contributed by atoms with Crippen molar-refractivity contribution in [2.24, 2.45) is 0 Å². The summed E-state index contributed by atoms with van der Waals surface area (Å²) >= 11 is 0. The topological polar surface area (TPSA) is 100 Å². The Labute approximate surface area is 85.6 Å². The van der Waals surface area contributed by atoms with Crippen LogP contribution in [0.4, 0.5) is 0 Å². The minimum absolute atomic E-state index is 0.0600. The Kier molecular flexibility index (Phi) is 3.41. The van der Waals surface area contributed by atoms with E-state index in [1.54, 1.807) is 0 Å². The summed E-state index contributed by atoms with van der Waals surface area (Å²) in [6.07, 6.45) is 0.0600. The van der Waals surface area contributed by atoms with E-state index in [0.29, 0.717) is 0 Å². The monoisotopic (exact) mass is 208 g/mol. The summed E-state index contributed by atoms with van der Waals surface area (Å²) in [7, 11) is 0. The minimum atomic E-state index is -1.40. The van der Waals surface area contributed by atoms with Crippen molar-refractivity contribution in [3.63, 3.8) is 0 Å². The molecule has 1 rings (SSSR count). The lowest BCUT2D eigenvalue weighted by Crippen LogP contribution is -2.26. The van der Waals surface area contributed by atoms with E-state index in [0.717, 1.165) is 18.2 Å². The van der Waals surface area contributed by atoms with Crippen LogP contribution in [-0.2, 0) is 6.42 Å². The first-order chi connectivity index (χ1) is 7.06. The second-order valence-corrected chi connectivity index (χ2v) is 2.92. The van der Waals surface area contributed by atoms with E-state index in [2.05, 4.69) is 0 Å². The van der Waals surface area contributed by atoms with Crippen LogP contribution in [0.15, 0.2) is 18.2 Å². The Morgan fingerprint density at radius 2 is 1.87 bits per heavy atom. The molecular weight excluding hydrogens is 200 g/mol. The fourth-order valence-electron chi connectivity index (χ4n) is 1.25. The summed E-state index contributed by atoms with van der Waals surface area (Å²) in [4.78, 5) is 21.1. The third-order valence-electron chi connectivity index (χ3n) is 1.94. The number of carboxylic acids is 2. The molecule has 0 atom stereocenters. The Hall–Kier alpha value is -1.88. The van der Waals surface area contributed by atoms with Crippen molar-refractivity contribution in [2.45, 2.75) is 6.42 Å². The van der Waals surface area contributed by atoms with Crippen LogP contribution < -0.4 is 10.2 Å². The molecule has 1 N–H and O–H groups in total. The first-order valence-corrected chi connectivity index (χ1v) is 4.22. The molecule has 1 aromatic rings. The molecule has 0 saturated heterocycles. The predicted octanol–water partition coefficient (Wildman–Crippen LogP) is -2.05. The molecule has 0 aliphatic carbocycles. The molecule has 0 fully saturated rings. The summed E-state index contributed by atoms with van der Waals surface area (Å²) in [5, 5.41) is 29.8. The van der Waals surface area contributed by atoms with Gasteiger partial charge >= 0.3 is 0 Å². The number of rotatable bonds is 4. The summed E-state index contributed by atoms with van der Waals surface area (Å²) in [6.45, 7) is -0.267. The van der Waals surface area contributed by atoms with Gasteiger partial charge in [-0.25, -0.2) is 0 Å². The average Bonchev–Trinajstić information content (AvgIpc) is 2.17. The molecule has 5 heteroatoms. The molecule has 0 aromatic heterocycles. The van der Waals surface area contributed by atoms with Gasteiger partial charge in [0.05, 0.1) is 11.9 Å². The van der Waals surface area contributed by atoms with E-state index < -0.39 is 11.9 Å². The molecule has 0 unspecified atom stereocenters. The number of hydrogen-bond donors (Lipinski definition) is 1. The molecule has 0 radical (unpaired) electrons. The normalized spacial score (nSPS) is 9.93. The number of aliphatic hydroxyl groups excluding tert-OH is 1. The average molecular weight is 208 g/mol. The van der Waals surface area contributed by atoms with E-state index in [9.17, 15) is 19.8 Å². The Morgan fingerprint density at radius 3 is 2.33 bits per heavy atom. The Bertz CT molecular complexity index is 397. The van der Waals surface area contributed by atoms with Crippen molar-refractivity contribution in [3.8, 4) is 0 Å². The van der Waals surface area contributed by atoms with Crippen molar-refractivity contribution in [1.82, 2.24) is 0 Å². The summed E-state index contributed by atoms with van der Waals surface area (Å²) in [5.74, 6) is -2.79. The van der Waals surface area contributed by atoms with Crippen molar-refractivity contribution in [1.29, 1.82) is 0 Å². The second kappa shape index (κ2) is 4.56. The molecule has 0 spiro atoms. The van der Waals surface area contributed by atoms with Crippen LogP contribution in [0.25, 0.3) is 0 Å². The highest BCUT2D eigenvalue weighted by atomic mass is 16.4. The van der Waals surface area contributed by atoms with Gasteiger partial charge in [0.25, 0.3) is 0 Å². The standard InChI is InChI=1S/C10H10O5/c11-4-3-6-5-7(9(12)13)1-2-8(6)10(14)15/h1-2,5,11H,3-4H2,(H,12,13)(H,14,15)/p-2. The third kappa shape index (κ3) is 2.54. The van der Waals surface area contributed by atoms with Crippen LogP contribution in [0, 0.1) is 0 Å². The number of hydrogen-bond acceptors (Lipinski definition) is 5. The molecular formula is C10H8O5-2. The van der Waals surface area contributed by atoms with Gasteiger partial charge < -0.3 is 24.9 Å². The van der Waals surface area contributed by atoms with Gasteiger partial charge in [-0.1, -0.05) is 12.1 Å². The highest BCUT2D eigenvalue weighted by Gasteiger charge is 2.05.